The lowest BCUT2D eigenvalue weighted by Crippen LogP contribution is -2.24. The van der Waals surface area contributed by atoms with Crippen LogP contribution < -0.4 is 5.56 Å². The Hall–Kier alpha value is -2.82. The van der Waals surface area contributed by atoms with Gasteiger partial charge in [-0.1, -0.05) is 30.3 Å². The molecule has 0 saturated heterocycles. The lowest BCUT2D eigenvalue weighted by molar-refractivity contribution is 0.0527. The van der Waals surface area contributed by atoms with Crippen molar-refractivity contribution in [2.24, 2.45) is 0 Å². The maximum Gasteiger partial charge on any atom is 0.346 e. The predicted molar refractivity (Wildman–Crippen MR) is 87.9 cm³/mol. The van der Waals surface area contributed by atoms with E-state index in [0.717, 1.165) is 11.1 Å². The molecule has 2 aromatic heterocycles. The van der Waals surface area contributed by atoms with Crippen LogP contribution in [0.15, 0.2) is 53.5 Å². The maximum absolute atomic E-state index is 12.8. The van der Waals surface area contributed by atoms with Crippen LogP contribution in [0.25, 0.3) is 5.52 Å². The molecule has 3 aromatic rings. The number of rotatable bonds is 4. The Morgan fingerprint density at radius 2 is 1.91 bits per heavy atom. The Labute approximate surface area is 133 Å². The average Bonchev–Trinajstić information content (AvgIpc) is 2.80. The minimum atomic E-state index is -0.576. The van der Waals surface area contributed by atoms with Crippen LogP contribution in [-0.2, 0) is 11.3 Å². The van der Waals surface area contributed by atoms with Crippen LogP contribution >= 0.6 is 0 Å². The zero-order chi connectivity index (χ0) is 16.4. The van der Waals surface area contributed by atoms with Gasteiger partial charge in [-0.15, -0.1) is 0 Å². The van der Waals surface area contributed by atoms with Gasteiger partial charge in [0.05, 0.1) is 18.7 Å². The molecule has 0 saturated carbocycles. The number of hydrogen-bond donors (Lipinski definition) is 0. The Kier molecular flexibility index (Phi) is 4.02. The summed E-state index contributed by atoms with van der Waals surface area (Å²) in [5.74, 6) is -0.576. The largest absolute Gasteiger partial charge is 0.462 e. The second-order valence-corrected chi connectivity index (χ2v) is 5.38. The van der Waals surface area contributed by atoms with Gasteiger partial charge in [-0.3, -0.25) is 9.31 Å². The second-order valence-electron chi connectivity index (χ2n) is 5.38. The SMILES string of the molecule is CCOC(=O)c1c(=O)n(Cc2ccccc2)n2ccc(C)cc12. The van der Waals surface area contributed by atoms with Crippen molar-refractivity contribution in [3.05, 3.63) is 75.7 Å². The highest BCUT2D eigenvalue weighted by atomic mass is 16.5. The molecule has 23 heavy (non-hydrogen) atoms. The van der Waals surface area contributed by atoms with Gasteiger partial charge in [0.25, 0.3) is 5.56 Å². The smallest absolute Gasteiger partial charge is 0.346 e. The zero-order valence-corrected chi connectivity index (χ0v) is 13.2. The number of aryl methyl sites for hydroxylation is 1. The molecule has 0 aliphatic carbocycles. The number of hydrogen-bond acceptors (Lipinski definition) is 3. The summed E-state index contributed by atoms with van der Waals surface area (Å²) in [6.45, 7) is 4.28. The molecule has 0 aliphatic rings. The van der Waals surface area contributed by atoms with Crippen molar-refractivity contribution in [1.29, 1.82) is 0 Å². The van der Waals surface area contributed by atoms with Crippen LogP contribution in [-0.4, -0.2) is 21.8 Å². The Morgan fingerprint density at radius 1 is 1.17 bits per heavy atom. The molecular formula is C18H18N2O3. The van der Waals surface area contributed by atoms with Gasteiger partial charge >= 0.3 is 5.97 Å². The quantitative estimate of drug-likeness (QED) is 0.696. The summed E-state index contributed by atoms with van der Waals surface area (Å²) in [4.78, 5) is 25.0. The number of benzene rings is 1. The van der Waals surface area contributed by atoms with Crippen LogP contribution in [0.1, 0.15) is 28.4 Å². The van der Waals surface area contributed by atoms with E-state index in [4.69, 9.17) is 4.74 Å². The van der Waals surface area contributed by atoms with E-state index in [1.807, 2.05) is 49.4 Å². The lowest BCUT2D eigenvalue weighted by Gasteiger charge is -2.06. The molecule has 0 N–H and O–H groups in total. The van der Waals surface area contributed by atoms with Crippen LogP contribution in [0.5, 0.6) is 0 Å². The summed E-state index contributed by atoms with van der Waals surface area (Å²) in [5, 5.41) is 0. The van der Waals surface area contributed by atoms with Gasteiger partial charge in [-0.2, -0.15) is 0 Å². The molecule has 0 amide bonds. The van der Waals surface area contributed by atoms with Crippen molar-refractivity contribution in [2.45, 2.75) is 20.4 Å². The molecule has 0 aliphatic heterocycles. The summed E-state index contributed by atoms with van der Waals surface area (Å²) in [6.07, 6.45) is 1.80. The molecule has 0 atom stereocenters. The third-order valence-electron chi connectivity index (χ3n) is 3.71. The molecule has 3 rings (SSSR count). The second kappa shape index (κ2) is 6.12. The molecule has 118 valence electrons. The monoisotopic (exact) mass is 310 g/mol. The predicted octanol–water partition coefficient (Wildman–Crippen LogP) is 2.63. The number of carbonyl (C=O) groups excluding carboxylic acids is 1. The van der Waals surface area contributed by atoms with Crippen molar-refractivity contribution in [3.63, 3.8) is 0 Å². The molecule has 1 aromatic carbocycles. The van der Waals surface area contributed by atoms with Crippen molar-refractivity contribution in [2.75, 3.05) is 6.61 Å². The molecule has 2 heterocycles. The summed E-state index contributed by atoms with van der Waals surface area (Å²) in [7, 11) is 0. The first kappa shape index (κ1) is 15.1. The van der Waals surface area contributed by atoms with Gasteiger partial charge in [0.15, 0.2) is 5.56 Å². The van der Waals surface area contributed by atoms with E-state index in [1.54, 1.807) is 22.3 Å². The average molecular weight is 310 g/mol. The number of esters is 1. The third-order valence-corrected chi connectivity index (χ3v) is 3.71. The highest BCUT2D eigenvalue weighted by molar-refractivity contribution is 5.96. The number of carbonyl (C=O) groups is 1. The molecule has 5 nitrogen and oxygen atoms in total. The zero-order valence-electron chi connectivity index (χ0n) is 13.2. The normalized spacial score (nSPS) is 10.9. The van der Waals surface area contributed by atoms with Gasteiger partial charge in [0.2, 0.25) is 0 Å². The first-order chi connectivity index (χ1) is 11.1. The molecule has 0 bridgehead atoms. The molecule has 0 unspecified atom stereocenters. The minimum Gasteiger partial charge on any atom is -0.462 e. The number of aromatic nitrogens is 2. The number of pyridine rings is 1. The topological polar surface area (TPSA) is 52.7 Å². The highest BCUT2D eigenvalue weighted by Crippen LogP contribution is 2.13. The highest BCUT2D eigenvalue weighted by Gasteiger charge is 2.22. The molecular weight excluding hydrogens is 292 g/mol. The summed E-state index contributed by atoms with van der Waals surface area (Å²) >= 11 is 0. The summed E-state index contributed by atoms with van der Waals surface area (Å²) < 4.78 is 8.32. The summed E-state index contributed by atoms with van der Waals surface area (Å²) in [5.41, 5.74) is 2.30. The van der Waals surface area contributed by atoms with E-state index < -0.39 is 5.97 Å². The van der Waals surface area contributed by atoms with Gasteiger partial charge in [0.1, 0.15) is 0 Å². The minimum absolute atomic E-state index is 0.0893. The van der Waals surface area contributed by atoms with Crippen molar-refractivity contribution < 1.29 is 9.53 Å². The van der Waals surface area contributed by atoms with E-state index in [2.05, 4.69) is 0 Å². The van der Waals surface area contributed by atoms with Gasteiger partial charge in [-0.25, -0.2) is 9.48 Å². The lowest BCUT2D eigenvalue weighted by atomic mass is 10.2. The van der Waals surface area contributed by atoms with Crippen molar-refractivity contribution in [1.82, 2.24) is 9.20 Å². The maximum atomic E-state index is 12.8. The van der Waals surface area contributed by atoms with Gasteiger partial charge < -0.3 is 4.74 Å². The summed E-state index contributed by atoms with van der Waals surface area (Å²) in [6, 6.07) is 13.4. The molecule has 0 radical (unpaired) electrons. The van der Waals surface area contributed by atoms with Gasteiger partial charge in [0, 0.05) is 6.20 Å². The van der Waals surface area contributed by atoms with Gasteiger partial charge in [-0.05, 0) is 37.1 Å². The number of fused-ring (bicyclic) bond motifs is 1. The van der Waals surface area contributed by atoms with Crippen molar-refractivity contribution in [3.8, 4) is 0 Å². The Bertz CT molecular complexity index is 907. The van der Waals surface area contributed by atoms with E-state index in [1.165, 1.54) is 0 Å². The fourth-order valence-corrected chi connectivity index (χ4v) is 2.63. The molecule has 5 heteroatoms. The van der Waals surface area contributed by atoms with E-state index in [0.29, 0.717) is 12.1 Å². The Morgan fingerprint density at radius 3 is 2.61 bits per heavy atom. The standard InChI is InChI=1S/C18H18N2O3/c1-3-23-18(22)16-15-11-13(2)9-10-19(15)20(17(16)21)12-14-7-5-4-6-8-14/h4-11H,3,12H2,1-2H3. The van der Waals surface area contributed by atoms with Crippen LogP contribution in [0, 0.1) is 6.92 Å². The molecule has 0 fully saturated rings. The van der Waals surface area contributed by atoms with E-state index in [-0.39, 0.29) is 17.7 Å². The fourth-order valence-electron chi connectivity index (χ4n) is 2.63. The van der Waals surface area contributed by atoms with Crippen LogP contribution in [0.4, 0.5) is 0 Å². The van der Waals surface area contributed by atoms with Crippen LogP contribution in [0.2, 0.25) is 0 Å². The fraction of sp³-hybridized carbons (Fsp3) is 0.222. The third kappa shape index (κ3) is 2.77. The number of ether oxygens (including phenoxy) is 1. The molecule has 0 spiro atoms. The first-order valence-corrected chi connectivity index (χ1v) is 7.54. The number of nitrogens with zero attached hydrogens (tertiary/aromatic N) is 2. The van der Waals surface area contributed by atoms with Crippen molar-refractivity contribution >= 4 is 11.5 Å². The Balaban J connectivity index is 2.20. The van der Waals surface area contributed by atoms with E-state index in [9.17, 15) is 9.59 Å². The first-order valence-electron chi connectivity index (χ1n) is 7.54. The van der Waals surface area contributed by atoms with Crippen LogP contribution in [0.3, 0.4) is 0 Å². The van der Waals surface area contributed by atoms with E-state index >= 15 is 0 Å².